The predicted molar refractivity (Wildman–Crippen MR) is 61.2 cm³/mol. The number of hydrogen-bond donors (Lipinski definition) is 2. The first-order valence-electron chi connectivity index (χ1n) is 4.74. The van der Waals surface area contributed by atoms with Gasteiger partial charge in [-0.1, -0.05) is 6.58 Å². The Bertz CT molecular complexity index is 497. The maximum absolute atomic E-state index is 11.4. The number of amides is 1. The highest BCUT2D eigenvalue weighted by Gasteiger charge is 2.10. The number of nitrogens with one attached hydrogen (secondary N) is 1. The SMILES string of the molecule is C=C(CC(=O)Nc1ccc(C#N)cc1)C(=O)O. The van der Waals surface area contributed by atoms with E-state index in [0.717, 1.165) is 0 Å². The van der Waals surface area contributed by atoms with Gasteiger partial charge in [-0.05, 0) is 24.3 Å². The fraction of sp³-hybridized carbons (Fsp3) is 0.0833. The Hall–Kier alpha value is -2.61. The molecule has 5 nitrogen and oxygen atoms in total. The van der Waals surface area contributed by atoms with Crippen LogP contribution in [0.3, 0.4) is 0 Å². The molecule has 17 heavy (non-hydrogen) atoms. The topological polar surface area (TPSA) is 90.2 Å². The van der Waals surface area contributed by atoms with Crippen molar-refractivity contribution in [2.75, 3.05) is 5.32 Å². The Morgan fingerprint density at radius 3 is 2.41 bits per heavy atom. The van der Waals surface area contributed by atoms with Gasteiger partial charge in [0.15, 0.2) is 0 Å². The average molecular weight is 230 g/mol. The monoisotopic (exact) mass is 230 g/mol. The Kier molecular flexibility index (Phi) is 4.01. The zero-order valence-corrected chi connectivity index (χ0v) is 8.93. The molecule has 0 radical (unpaired) electrons. The smallest absolute Gasteiger partial charge is 0.331 e. The van der Waals surface area contributed by atoms with Gasteiger partial charge in [0.2, 0.25) is 5.91 Å². The number of carbonyl (C=O) groups excluding carboxylic acids is 1. The van der Waals surface area contributed by atoms with Crippen LogP contribution >= 0.6 is 0 Å². The van der Waals surface area contributed by atoms with E-state index in [1.165, 1.54) is 0 Å². The zero-order valence-electron chi connectivity index (χ0n) is 8.93. The lowest BCUT2D eigenvalue weighted by atomic mass is 10.2. The van der Waals surface area contributed by atoms with Crippen LogP contribution in [0.5, 0.6) is 0 Å². The van der Waals surface area contributed by atoms with Crippen molar-refractivity contribution in [1.82, 2.24) is 0 Å². The fourth-order valence-electron chi connectivity index (χ4n) is 1.10. The lowest BCUT2D eigenvalue weighted by Gasteiger charge is -2.04. The van der Waals surface area contributed by atoms with E-state index in [1.54, 1.807) is 24.3 Å². The van der Waals surface area contributed by atoms with Crippen LogP contribution < -0.4 is 5.32 Å². The molecule has 0 aliphatic heterocycles. The molecule has 0 spiro atoms. The van der Waals surface area contributed by atoms with Crippen molar-refractivity contribution in [3.63, 3.8) is 0 Å². The van der Waals surface area contributed by atoms with E-state index in [9.17, 15) is 9.59 Å². The molecule has 1 aromatic carbocycles. The molecule has 0 unspecified atom stereocenters. The lowest BCUT2D eigenvalue weighted by molar-refractivity contribution is -0.133. The number of carbonyl (C=O) groups is 2. The third kappa shape index (κ3) is 3.80. The minimum Gasteiger partial charge on any atom is -0.478 e. The van der Waals surface area contributed by atoms with E-state index in [4.69, 9.17) is 10.4 Å². The molecule has 0 fully saturated rings. The van der Waals surface area contributed by atoms with E-state index in [-0.39, 0.29) is 12.0 Å². The van der Waals surface area contributed by atoms with Gasteiger partial charge in [-0.2, -0.15) is 5.26 Å². The van der Waals surface area contributed by atoms with E-state index in [0.29, 0.717) is 11.3 Å². The molecule has 0 aromatic heterocycles. The molecule has 0 heterocycles. The van der Waals surface area contributed by atoms with Crippen LogP contribution in [0.4, 0.5) is 5.69 Å². The highest BCUT2D eigenvalue weighted by Crippen LogP contribution is 2.10. The van der Waals surface area contributed by atoms with Crippen molar-refractivity contribution in [2.45, 2.75) is 6.42 Å². The van der Waals surface area contributed by atoms with Crippen LogP contribution in [-0.2, 0) is 9.59 Å². The highest BCUT2D eigenvalue weighted by atomic mass is 16.4. The second kappa shape index (κ2) is 5.47. The number of nitrogens with zero attached hydrogens (tertiary/aromatic N) is 1. The number of nitriles is 1. The van der Waals surface area contributed by atoms with Crippen molar-refractivity contribution in [1.29, 1.82) is 5.26 Å². The number of carboxylic acid groups (broad SMARTS) is 1. The molecule has 2 N–H and O–H groups in total. The quantitative estimate of drug-likeness (QED) is 0.767. The second-order valence-electron chi connectivity index (χ2n) is 3.32. The lowest BCUT2D eigenvalue weighted by Crippen LogP contribution is -2.14. The molecule has 0 saturated heterocycles. The summed E-state index contributed by atoms with van der Waals surface area (Å²) in [5.74, 6) is -1.65. The summed E-state index contributed by atoms with van der Waals surface area (Å²) in [6.45, 7) is 3.26. The molecule has 1 rings (SSSR count). The first-order valence-corrected chi connectivity index (χ1v) is 4.74. The number of benzene rings is 1. The fourth-order valence-corrected chi connectivity index (χ4v) is 1.10. The summed E-state index contributed by atoms with van der Waals surface area (Å²) in [4.78, 5) is 21.8. The number of hydrogen-bond acceptors (Lipinski definition) is 3. The highest BCUT2D eigenvalue weighted by molar-refractivity contribution is 5.99. The standard InChI is InChI=1S/C12H10N2O3/c1-8(12(16)17)6-11(15)14-10-4-2-9(7-13)3-5-10/h2-5H,1,6H2,(H,14,15)(H,16,17). The Morgan fingerprint density at radius 2 is 1.94 bits per heavy atom. The molecule has 0 aliphatic carbocycles. The maximum Gasteiger partial charge on any atom is 0.331 e. The Labute approximate surface area is 98.0 Å². The van der Waals surface area contributed by atoms with Crippen LogP contribution in [0.25, 0.3) is 0 Å². The molecule has 5 heteroatoms. The molecular weight excluding hydrogens is 220 g/mol. The van der Waals surface area contributed by atoms with Crippen molar-refractivity contribution in [3.05, 3.63) is 42.0 Å². The van der Waals surface area contributed by atoms with Crippen LogP contribution in [0.15, 0.2) is 36.4 Å². The minimum atomic E-state index is -1.19. The van der Waals surface area contributed by atoms with Crippen molar-refractivity contribution in [2.24, 2.45) is 0 Å². The van der Waals surface area contributed by atoms with E-state index in [2.05, 4.69) is 11.9 Å². The molecule has 0 saturated carbocycles. The van der Waals surface area contributed by atoms with Crippen molar-refractivity contribution in [3.8, 4) is 6.07 Å². The normalized spacial score (nSPS) is 9.12. The van der Waals surface area contributed by atoms with Gasteiger partial charge in [-0.3, -0.25) is 4.79 Å². The zero-order chi connectivity index (χ0) is 12.8. The van der Waals surface area contributed by atoms with Gasteiger partial charge in [-0.25, -0.2) is 4.79 Å². The minimum absolute atomic E-state index is 0.170. The van der Waals surface area contributed by atoms with Crippen LogP contribution in [0.1, 0.15) is 12.0 Å². The summed E-state index contributed by atoms with van der Waals surface area (Å²) in [7, 11) is 0. The molecule has 86 valence electrons. The van der Waals surface area contributed by atoms with Gasteiger partial charge < -0.3 is 10.4 Å². The first-order chi connectivity index (χ1) is 8.02. The summed E-state index contributed by atoms with van der Waals surface area (Å²) < 4.78 is 0. The third-order valence-electron chi connectivity index (χ3n) is 1.97. The molecule has 0 aliphatic rings. The summed E-state index contributed by atoms with van der Waals surface area (Å²) in [6.07, 6.45) is -0.269. The van der Waals surface area contributed by atoms with Gasteiger partial charge in [0, 0.05) is 11.3 Å². The van der Waals surface area contributed by atoms with Crippen molar-refractivity contribution >= 4 is 17.6 Å². The molecular formula is C12H10N2O3. The number of aliphatic carboxylic acids is 1. The summed E-state index contributed by atoms with van der Waals surface area (Å²) in [5, 5.41) is 19.6. The Morgan fingerprint density at radius 1 is 1.35 bits per heavy atom. The molecule has 0 bridgehead atoms. The first kappa shape index (κ1) is 12.5. The number of anilines is 1. The molecule has 1 aromatic rings. The number of carboxylic acids is 1. The molecule has 1 amide bonds. The summed E-state index contributed by atoms with van der Waals surface area (Å²) >= 11 is 0. The van der Waals surface area contributed by atoms with Gasteiger partial charge >= 0.3 is 5.97 Å². The maximum atomic E-state index is 11.4. The van der Waals surface area contributed by atoms with Crippen LogP contribution in [0, 0.1) is 11.3 Å². The van der Waals surface area contributed by atoms with E-state index >= 15 is 0 Å². The second-order valence-corrected chi connectivity index (χ2v) is 3.32. The van der Waals surface area contributed by atoms with Gasteiger partial charge in [-0.15, -0.1) is 0 Å². The van der Waals surface area contributed by atoms with Gasteiger partial charge in [0.1, 0.15) is 0 Å². The third-order valence-corrected chi connectivity index (χ3v) is 1.97. The van der Waals surface area contributed by atoms with Gasteiger partial charge in [0.05, 0.1) is 18.1 Å². The van der Waals surface area contributed by atoms with Gasteiger partial charge in [0.25, 0.3) is 0 Å². The van der Waals surface area contributed by atoms with E-state index in [1.807, 2.05) is 6.07 Å². The van der Waals surface area contributed by atoms with Crippen LogP contribution in [-0.4, -0.2) is 17.0 Å². The predicted octanol–water partition coefficient (Wildman–Crippen LogP) is 1.53. The average Bonchev–Trinajstić information content (AvgIpc) is 2.29. The van der Waals surface area contributed by atoms with Crippen molar-refractivity contribution < 1.29 is 14.7 Å². The van der Waals surface area contributed by atoms with E-state index < -0.39 is 11.9 Å². The largest absolute Gasteiger partial charge is 0.478 e. The van der Waals surface area contributed by atoms with Crippen LogP contribution in [0.2, 0.25) is 0 Å². The summed E-state index contributed by atoms with van der Waals surface area (Å²) in [6, 6.07) is 8.20. The molecule has 0 atom stereocenters. The number of rotatable bonds is 4. The Balaban J connectivity index is 2.59. The summed E-state index contributed by atoms with van der Waals surface area (Å²) in [5.41, 5.74) is 0.821.